The number of carbonyl (C=O) groups is 1. The Morgan fingerprint density at radius 1 is 1.44 bits per heavy atom. The zero-order chi connectivity index (χ0) is 12.8. The van der Waals surface area contributed by atoms with E-state index in [4.69, 9.17) is 0 Å². The Labute approximate surface area is 108 Å². The SMILES string of the molecule is Cc1cccc(C(=O)N/N=C/C2CC=CCC2)c1. The van der Waals surface area contributed by atoms with E-state index >= 15 is 0 Å². The predicted octanol–water partition coefficient (Wildman–Crippen LogP) is 3.07. The van der Waals surface area contributed by atoms with Crippen LogP contribution in [0.1, 0.15) is 35.2 Å². The zero-order valence-corrected chi connectivity index (χ0v) is 10.6. The number of amides is 1. The first kappa shape index (κ1) is 12.6. The van der Waals surface area contributed by atoms with Gasteiger partial charge in [-0.15, -0.1) is 0 Å². The fourth-order valence-electron chi connectivity index (χ4n) is 2.00. The molecule has 1 atom stereocenters. The van der Waals surface area contributed by atoms with Crippen molar-refractivity contribution in [3.8, 4) is 0 Å². The highest BCUT2D eigenvalue weighted by Crippen LogP contribution is 2.15. The molecular weight excluding hydrogens is 224 g/mol. The van der Waals surface area contributed by atoms with Gasteiger partial charge in [0.1, 0.15) is 0 Å². The molecule has 1 N–H and O–H groups in total. The normalized spacial score (nSPS) is 19.1. The lowest BCUT2D eigenvalue weighted by Gasteiger charge is -2.11. The van der Waals surface area contributed by atoms with Gasteiger partial charge >= 0.3 is 0 Å². The molecule has 1 aromatic carbocycles. The molecule has 3 heteroatoms. The molecule has 0 saturated carbocycles. The van der Waals surface area contributed by atoms with Gasteiger partial charge in [0, 0.05) is 11.8 Å². The van der Waals surface area contributed by atoms with Gasteiger partial charge in [0.15, 0.2) is 0 Å². The van der Waals surface area contributed by atoms with Crippen molar-refractivity contribution >= 4 is 12.1 Å². The van der Waals surface area contributed by atoms with Gasteiger partial charge in [0.05, 0.1) is 0 Å². The smallest absolute Gasteiger partial charge is 0.267 e. The maximum Gasteiger partial charge on any atom is 0.271 e. The Balaban J connectivity index is 1.88. The van der Waals surface area contributed by atoms with Crippen molar-refractivity contribution in [2.24, 2.45) is 11.0 Å². The van der Waals surface area contributed by atoms with E-state index in [1.54, 1.807) is 6.07 Å². The maximum atomic E-state index is 11.8. The number of nitrogens with one attached hydrogen (secondary N) is 1. The first-order valence-electron chi connectivity index (χ1n) is 6.31. The van der Waals surface area contributed by atoms with Crippen molar-refractivity contribution in [2.75, 3.05) is 0 Å². The van der Waals surface area contributed by atoms with Crippen LogP contribution >= 0.6 is 0 Å². The monoisotopic (exact) mass is 242 g/mol. The molecule has 0 saturated heterocycles. The van der Waals surface area contributed by atoms with Crippen molar-refractivity contribution < 1.29 is 4.79 Å². The first-order valence-corrected chi connectivity index (χ1v) is 6.31. The lowest BCUT2D eigenvalue weighted by Crippen LogP contribution is -2.18. The van der Waals surface area contributed by atoms with E-state index in [2.05, 4.69) is 22.7 Å². The second-order valence-electron chi connectivity index (χ2n) is 4.63. The number of carbonyl (C=O) groups excluding carboxylic acids is 1. The molecule has 1 aliphatic carbocycles. The number of aryl methyl sites for hydroxylation is 1. The molecule has 18 heavy (non-hydrogen) atoms. The summed E-state index contributed by atoms with van der Waals surface area (Å²) in [5.41, 5.74) is 4.30. The molecule has 0 fully saturated rings. The second-order valence-corrected chi connectivity index (χ2v) is 4.63. The van der Waals surface area contributed by atoms with Gasteiger partial charge in [-0.05, 0) is 44.2 Å². The van der Waals surface area contributed by atoms with Gasteiger partial charge < -0.3 is 0 Å². The van der Waals surface area contributed by atoms with Crippen LogP contribution in [0.5, 0.6) is 0 Å². The van der Waals surface area contributed by atoms with Crippen LogP contribution in [0.15, 0.2) is 41.5 Å². The summed E-state index contributed by atoms with van der Waals surface area (Å²) < 4.78 is 0. The molecule has 0 aromatic heterocycles. The van der Waals surface area contributed by atoms with Gasteiger partial charge in [-0.1, -0.05) is 29.8 Å². The summed E-state index contributed by atoms with van der Waals surface area (Å²) in [4.78, 5) is 11.8. The Kier molecular flexibility index (Phi) is 4.29. The molecule has 1 aliphatic rings. The molecule has 0 spiro atoms. The van der Waals surface area contributed by atoms with Gasteiger partial charge in [-0.25, -0.2) is 5.43 Å². The zero-order valence-electron chi connectivity index (χ0n) is 10.6. The van der Waals surface area contributed by atoms with Crippen LogP contribution in [0.25, 0.3) is 0 Å². The third-order valence-corrected chi connectivity index (χ3v) is 3.04. The van der Waals surface area contributed by atoms with Crippen LogP contribution in [-0.2, 0) is 0 Å². The number of nitrogens with zero attached hydrogens (tertiary/aromatic N) is 1. The largest absolute Gasteiger partial charge is 0.271 e. The summed E-state index contributed by atoms with van der Waals surface area (Å²) in [5.74, 6) is 0.300. The molecule has 1 aromatic rings. The van der Waals surface area contributed by atoms with Crippen molar-refractivity contribution in [3.05, 3.63) is 47.5 Å². The summed E-state index contributed by atoms with van der Waals surface area (Å²) in [6, 6.07) is 7.49. The Morgan fingerprint density at radius 2 is 2.33 bits per heavy atom. The minimum atomic E-state index is -0.152. The van der Waals surface area contributed by atoms with Crippen molar-refractivity contribution in [2.45, 2.75) is 26.2 Å². The highest BCUT2D eigenvalue weighted by molar-refractivity contribution is 5.94. The fraction of sp³-hybridized carbons (Fsp3) is 0.333. The highest BCUT2D eigenvalue weighted by atomic mass is 16.2. The Hall–Kier alpha value is -1.90. The minimum absolute atomic E-state index is 0.152. The molecule has 94 valence electrons. The van der Waals surface area contributed by atoms with E-state index in [1.807, 2.05) is 31.3 Å². The molecule has 0 radical (unpaired) electrons. The number of rotatable bonds is 3. The minimum Gasteiger partial charge on any atom is -0.267 e. The van der Waals surface area contributed by atoms with Gasteiger partial charge in [0.25, 0.3) is 5.91 Å². The molecule has 1 unspecified atom stereocenters. The number of hydrogen-bond donors (Lipinski definition) is 1. The van der Waals surface area contributed by atoms with E-state index in [0.29, 0.717) is 11.5 Å². The fourth-order valence-corrected chi connectivity index (χ4v) is 2.00. The second kappa shape index (κ2) is 6.15. The molecule has 0 aliphatic heterocycles. The molecule has 2 rings (SSSR count). The Bertz CT molecular complexity index is 477. The van der Waals surface area contributed by atoms with E-state index in [1.165, 1.54) is 0 Å². The summed E-state index contributed by atoms with van der Waals surface area (Å²) in [7, 11) is 0. The van der Waals surface area contributed by atoms with Crippen LogP contribution in [0.3, 0.4) is 0 Å². The predicted molar refractivity (Wildman–Crippen MR) is 73.6 cm³/mol. The topological polar surface area (TPSA) is 41.5 Å². The number of benzene rings is 1. The average Bonchev–Trinajstić information content (AvgIpc) is 2.40. The number of hydrogen-bond acceptors (Lipinski definition) is 2. The van der Waals surface area contributed by atoms with Crippen molar-refractivity contribution in [1.82, 2.24) is 5.43 Å². The van der Waals surface area contributed by atoms with E-state index in [9.17, 15) is 4.79 Å². The summed E-state index contributed by atoms with van der Waals surface area (Å²) >= 11 is 0. The summed E-state index contributed by atoms with van der Waals surface area (Å²) in [5, 5.41) is 4.04. The van der Waals surface area contributed by atoms with Crippen LogP contribution in [0.4, 0.5) is 0 Å². The average molecular weight is 242 g/mol. The van der Waals surface area contributed by atoms with E-state index in [-0.39, 0.29) is 5.91 Å². The molecular formula is C15H18N2O. The number of hydrazone groups is 1. The molecule has 3 nitrogen and oxygen atoms in total. The Morgan fingerprint density at radius 3 is 3.06 bits per heavy atom. The van der Waals surface area contributed by atoms with Crippen LogP contribution < -0.4 is 5.43 Å². The third-order valence-electron chi connectivity index (χ3n) is 3.04. The highest BCUT2D eigenvalue weighted by Gasteiger charge is 2.07. The third kappa shape index (κ3) is 3.55. The quantitative estimate of drug-likeness (QED) is 0.494. The lowest BCUT2D eigenvalue weighted by molar-refractivity contribution is 0.0955. The summed E-state index contributed by atoms with van der Waals surface area (Å²) in [6.45, 7) is 1.97. The molecule has 0 bridgehead atoms. The van der Waals surface area contributed by atoms with Gasteiger partial charge in [-0.2, -0.15) is 5.10 Å². The van der Waals surface area contributed by atoms with Crippen LogP contribution in [-0.4, -0.2) is 12.1 Å². The van der Waals surface area contributed by atoms with Crippen molar-refractivity contribution in [1.29, 1.82) is 0 Å². The summed E-state index contributed by atoms with van der Waals surface area (Å²) in [6.07, 6.45) is 9.43. The van der Waals surface area contributed by atoms with E-state index < -0.39 is 0 Å². The number of allylic oxidation sites excluding steroid dienone is 2. The standard InChI is InChI=1S/C15H18N2O/c1-12-6-5-9-14(10-12)15(18)17-16-11-13-7-3-2-4-8-13/h2-3,5-6,9-11,13H,4,7-8H2,1H3,(H,17,18)/b16-11+. The van der Waals surface area contributed by atoms with Crippen LogP contribution in [0, 0.1) is 12.8 Å². The van der Waals surface area contributed by atoms with Gasteiger partial charge in [-0.3, -0.25) is 4.79 Å². The first-order chi connectivity index (χ1) is 8.75. The molecule has 0 heterocycles. The van der Waals surface area contributed by atoms with Crippen molar-refractivity contribution in [3.63, 3.8) is 0 Å². The van der Waals surface area contributed by atoms with E-state index in [0.717, 1.165) is 24.8 Å². The molecule has 1 amide bonds. The van der Waals surface area contributed by atoms with Crippen LogP contribution in [0.2, 0.25) is 0 Å². The lowest BCUT2D eigenvalue weighted by atomic mass is 9.96. The maximum absolute atomic E-state index is 11.8. The van der Waals surface area contributed by atoms with Gasteiger partial charge in [0.2, 0.25) is 0 Å².